The van der Waals surface area contributed by atoms with Crippen LogP contribution in [0.15, 0.2) is 36.5 Å². The van der Waals surface area contributed by atoms with Crippen LogP contribution in [0.2, 0.25) is 0 Å². The van der Waals surface area contributed by atoms with Gasteiger partial charge in [0.2, 0.25) is 0 Å². The molecule has 0 rings (SSSR count). The molecule has 0 aromatic carbocycles. The Balaban J connectivity index is 3.23. The molecule has 0 aromatic heterocycles. The van der Waals surface area contributed by atoms with Gasteiger partial charge in [-0.25, -0.2) is 0 Å². The van der Waals surface area contributed by atoms with Crippen LogP contribution in [0.3, 0.4) is 0 Å². The molecule has 0 aliphatic rings. The minimum absolute atomic E-state index is 0.306. The lowest BCUT2D eigenvalue weighted by atomic mass is 10.1. The van der Waals surface area contributed by atoms with Crippen molar-refractivity contribution >= 4 is 5.97 Å². The molecule has 0 aliphatic carbocycles. The van der Waals surface area contributed by atoms with Crippen LogP contribution in [0, 0.1) is 0 Å². The van der Waals surface area contributed by atoms with Crippen LogP contribution < -0.4 is 0 Å². The minimum Gasteiger partial charge on any atom is -0.481 e. The van der Waals surface area contributed by atoms with Crippen LogP contribution in [-0.2, 0) is 4.79 Å². The third-order valence-electron chi connectivity index (χ3n) is 2.60. The highest BCUT2D eigenvalue weighted by molar-refractivity contribution is 5.66. The SMILES string of the molecule is C/C=C\C/C=C\CC/C=C\CCCCCC(=O)O. The molecule has 0 atom stereocenters. The predicted octanol–water partition coefficient (Wildman–Crippen LogP) is 4.88. The molecule has 0 unspecified atom stereocenters. The summed E-state index contributed by atoms with van der Waals surface area (Å²) in [6.45, 7) is 2.03. The highest BCUT2D eigenvalue weighted by Gasteiger charge is 1.94. The van der Waals surface area contributed by atoms with Crippen LogP contribution in [0.1, 0.15) is 58.3 Å². The van der Waals surface area contributed by atoms with Crippen molar-refractivity contribution < 1.29 is 9.90 Å². The Morgan fingerprint density at radius 3 is 2.22 bits per heavy atom. The molecule has 2 nitrogen and oxygen atoms in total. The predicted molar refractivity (Wildman–Crippen MR) is 77.7 cm³/mol. The van der Waals surface area contributed by atoms with Crippen molar-refractivity contribution in [2.75, 3.05) is 0 Å². The van der Waals surface area contributed by atoms with Gasteiger partial charge in [0.1, 0.15) is 0 Å². The molecule has 0 heterocycles. The van der Waals surface area contributed by atoms with Crippen molar-refractivity contribution in [1.29, 1.82) is 0 Å². The number of aliphatic carboxylic acids is 1. The molecule has 0 spiro atoms. The second-order valence-electron chi connectivity index (χ2n) is 4.32. The molecule has 0 amide bonds. The molecule has 18 heavy (non-hydrogen) atoms. The average molecular weight is 250 g/mol. The smallest absolute Gasteiger partial charge is 0.303 e. The Kier molecular flexibility index (Phi) is 12.8. The Morgan fingerprint density at radius 1 is 0.889 bits per heavy atom. The summed E-state index contributed by atoms with van der Waals surface area (Å²) >= 11 is 0. The van der Waals surface area contributed by atoms with E-state index in [-0.39, 0.29) is 0 Å². The summed E-state index contributed by atoms with van der Waals surface area (Å²) in [6, 6.07) is 0. The van der Waals surface area contributed by atoms with E-state index in [1.54, 1.807) is 0 Å². The van der Waals surface area contributed by atoms with E-state index < -0.39 is 5.97 Å². The van der Waals surface area contributed by atoms with Gasteiger partial charge in [-0.05, 0) is 45.4 Å². The Labute approximate surface area is 111 Å². The lowest BCUT2D eigenvalue weighted by Crippen LogP contribution is -1.93. The third kappa shape index (κ3) is 14.7. The Hall–Kier alpha value is -1.31. The molecular weight excluding hydrogens is 224 g/mol. The number of carboxylic acids is 1. The van der Waals surface area contributed by atoms with Crippen molar-refractivity contribution in [1.82, 2.24) is 0 Å². The van der Waals surface area contributed by atoms with Gasteiger partial charge in [0.05, 0.1) is 0 Å². The molecule has 2 heteroatoms. The summed E-state index contributed by atoms with van der Waals surface area (Å²) in [4.78, 5) is 10.3. The quantitative estimate of drug-likeness (QED) is 0.419. The van der Waals surface area contributed by atoms with Gasteiger partial charge in [-0.2, -0.15) is 0 Å². The van der Waals surface area contributed by atoms with Gasteiger partial charge in [0.25, 0.3) is 0 Å². The van der Waals surface area contributed by atoms with E-state index in [2.05, 4.69) is 36.5 Å². The van der Waals surface area contributed by atoms with E-state index in [1.165, 1.54) is 0 Å². The van der Waals surface area contributed by atoms with Crippen LogP contribution in [0.4, 0.5) is 0 Å². The second kappa shape index (κ2) is 13.8. The summed E-state index contributed by atoms with van der Waals surface area (Å²) in [6.07, 6.45) is 20.6. The van der Waals surface area contributed by atoms with Crippen molar-refractivity contribution in [2.45, 2.75) is 58.3 Å². The van der Waals surface area contributed by atoms with Gasteiger partial charge in [-0.3, -0.25) is 4.79 Å². The summed E-state index contributed by atoms with van der Waals surface area (Å²) in [5.41, 5.74) is 0. The molecule has 1 N–H and O–H groups in total. The van der Waals surface area contributed by atoms with Crippen molar-refractivity contribution in [3.63, 3.8) is 0 Å². The van der Waals surface area contributed by atoms with Gasteiger partial charge < -0.3 is 5.11 Å². The second-order valence-corrected chi connectivity index (χ2v) is 4.32. The third-order valence-corrected chi connectivity index (χ3v) is 2.60. The number of carboxylic acid groups (broad SMARTS) is 1. The highest BCUT2D eigenvalue weighted by atomic mass is 16.4. The van der Waals surface area contributed by atoms with E-state index in [0.29, 0.717) is 6.42 Å². The number of rotatable bonds is 11. The Morgan fingerprint density at radius 2 is 1.56 bits per heavy atom. The van der Waals surface area contributed by atoms with Crippen molar-refractivity contribution in [3.8, 4) is 0 Å². The number of allylic oxidation sites excluding steroid dienone is 6. The van der Waals surface area contributed by atoms with Crippen LogP contribution in [0.25, 0.3) is 0 Å². The maximum Gasteiger partial charge on any atom is 0.303 e. The maximum absolute atomic E-state index is 10.3. The first kappa shape index (κ1) is 16.7. The molecule has 0 aliphatic heterocycles. The zero-order valence-electron chi connectivity index (χ0n) is 11.5. The zero-order valence-corrected chi connectivity index (χ0v) is 11.5. The summed E-state index contributed by atoms with van der Waals surface area (Å²) in [5.74, 6) is -0.685. The summed E-state index contributed by atoms with van der Waals surface area (Å²) in [5, 5.41) is 8.47. The number of hydrogen-bond acceptors (Lipinski definition) is 1. The largest absolute Gasteiger partial charge is 0.481 e. The molecule has 0 bridgehead atoms. The first-order chi connectivity index (χ1) is 8.77. The number of carbonyl (C=O) groups is 1. The lowest BCUT2D eigenvalue weighted by Gasteiger charge is -1.95. The average Bonchev–Trinajstić information content (AvgIpc) is 2.34. The highest BCUT2D eigenvalue weighted by Crippen LogP contribution is 2.04. The van der Waals surface area contributed by atoms with Gasteiger partial charge in [-0.15, -0.1) is 0 Å². The monoisotopic (exact) mass is 250 g/mol. The molecule has 0 aromatic rings. The van der Waals surface area contributed by atoms with E-state index in [9.17, 15) is 4.79 Å². The van der Waals surface area contributed by atoms with Gasteiger partial charge in [0, 0.05) is 6.42 Å². The molecule has 0 saturated heterocycles. The summed E-state index contributed by atoms with van der Waals surface area (Å²) in [7, 11) is 0. The normalized spacial score (nSPS) is 12.1. The van der Waals surface area contributed by atoms with Gasteiger partial charge >= 0.3 is 5.97 Å². The fraction of sp³-hybridized carbons (Fsp3) is 0.562. The number of unbranched alkanes of at least 4 members (excludes halogenated alkanes) is 4. The van der Waals surface area contributed by atoms with Crippen LogP contribution in [-0.4, -0.2) is 11.1 Å². The zero-order chi connectivity index (χ0) is 13.5. The van der Waals surface area contributed by atoms with Crippen LogP contribution in [0.5, 0.6) is 0 Å². The first-order valence-electron chi connectivity index (χ1n) is 6.90. The fourth-order valence-electron chi connectivity index (χ4n) is 1.57. The van der Waals surface area contributed by atoms with E-state index in [1.807, 2.05) is 6.92 Å². The Bertz CT molecular complexity index is 275. The van der Waals surface area contributed by atoms with Crippen molar-refractivity contribution in [2.24, 2.45) is 0 Å². The topological polar surface area (TPSA) is 37.3 Å². The van der Waals surface area contributed by atoms with Crippen molar-refractivity contribution in [3.05, 3.63) is 36.5 Å². The van der Waals surface area contributed by atoms with Gasteiger partial charge in [0.15, 0.2) is 0 Å². The van der Waals surface area contributed by atoms with Crippen LogP contribution >= 0.6 is 0 Å². The minimum atomic E-state index is -0.685. The first-order valence-corrected chi connectivity index (χ1v) is 6.90. The fourth-order valence-corrected chi connectivity index (χ4v) is 1.57. The molecule has 0 saturated carbocycles. The molecular formula is C16H26O2. The standard InChI is InChI=1S/C16H26O2/c1-2-3-4-5-6-7-8-9-10-11-12-13-14-15-16(17)18/h2-3,5-6,9-10H,4,7-8,11-15H2,1H3,(H,17,18)/b3-2-,6-5-,10-9-. The number of hydrogen-bond donors (Lipinski definition) is 1. The van der Waals surface area contributed by atoms with E-state index in [4.69, 9.17) is 5.11 Å². The summed E-state index contributed by atoms with van der Waals surface area (Å²) < 4.78 is 0. The molecule has 0 fully saturated rings. The van der Waals surface area contributed by atoms with Gasteiger partial charge in [-0.1, -0.05) is 42.9 Å². The van der Waals surface area contributed by atoms with E-state index in [0.717, 1.165) is 44.9 Å². The molecule has 102 valence electrons. The maximum atomic E-state index is 10.3. The molecule has 0 radical (unpaired) electrons. The van der Waals surface area contributed by atoms with E-state index >= 15 is 0 Å². The lowest BCUT2D eigenvalue weighted by molar-refractivity contribution is -0.137.